The zero-order valence-electron chi connectivity index (χ0n) is 25.8. The van der Waals surface area contributed by atoms with E-state index < -0.39 is 27.0 Å². The van der Waals surface area contributed by atoms with Gasteiger partial charge in [-0.1, -0.05) is 56.3 Å². The lowest BCUT2D eigenvalue weighted by atomic mass is 9.86. The van der Waals surface area contributed by atoms with E-state index in [9.17, 15) is 18.0 Å². The molecule has 0 aromatic heterocycles. The molecule has 0 unspecified atom stereocenters. The van der Waals surface area contributed by atoms with Crippen LogP contribution in [-0.2, 0) is 14.6 Å². The molecule has 3 N–H and O–H groups in total. The first-order valence-corrected chi connectivity index (χ1v) is 16.8. The number of guanidine groups is 1. The number of sulfone groups is 1. The molecular formula is C34H40N4O5S. The molecule has 3 aromatic rings. The molecule has 2 aliphatic rings. The second-order valence-corrected chi connectivity index (χ2v) is 14.4. The van der Waals surface area contributed by atoms with Crippen LogP contribution < -0.4 is 15.8 Å². The molecule has 3 aromatic carbocycles. The van der Waals surface area contributed by atoms with Gasteiger partial charge in [0.1, 0.15) is 11.4 Å². The summed E-state index contributed by atoms with van der Waals surface area (Å²) in [7, 11) is -3.43. The number of ether oxygens (including phenoxy) is 1. The van der Waals surface area contributed by atoms with Crippen LogP contribution in [0.4, 0.5) is 0 Å². The lowest BCUT2D eigenvalue weighted by molar-refractivity contribution is -0.131. The summed E-state index contributed by atoms with van der Waals surface area (Å²) in [5.41, 5.74) is 8.11. The molecule has 9 nitrogen and oxygen atoms in total. The molecule has 2 aliphatic heterocycles. The van der Waals surface area contributed by atoms with Gasteiger partial charge in [0.05, 0.1) is 28.9 Å². The van der Waals surface area contributed by atoms with E-state index in [0.29, 0.717) is 36.0 Å². The lowest BCUT2D eigenvalue weighted by Gasteiger charge is -2.40. The smallest absolute Gasteiger partial charge is 0.251 e. The number of nitrogens with one attached hydrogen (secondary N) is 1. The molecule has 0 saturated heterocycles. The number of hydrogen-bond donors (Lipinski definition) is 2. The van der Waals surface area contributed by atoms with Gasteiger partial charge in [0, 0.05) is 23.8 Å². The van der Waals surface area contributed by atoms with Crippen LogP contribution in [0.5, 0.6) is 5.75 Å². The maximum Gasteiger partial charge on any atom is 0.251 e. The lowest BCUT2D eigenvalue weighted by Crippen LogP contribution is -2.52. The van der Waals surface area contributed by atoms with Crippen LogP contribution in [0.1, 0.15) is 92.5 Å². The number of para-hydroxylation sites is 1. The minimum absolute atomic E-state index is 0.0954. The van der Waals surface area contributed by atoms with Crippen LogP contribution in [0.15, 0.2) is 82.7 Å². The van der Waals surface area contributed by atoms with Crippen molar-refractivity contribution in [3.63, 3.8) is 0 Å². The van der Waals surface area contributed by atoms with Crippen LogP contribution in [0.2, 0.25) is 0 Å². The van der Waals surface area contributed by atoms with Crippen LogP contribution >= 0.6 is 0 Å². The van der Waals surface area contributed by atoms with Crippen molar-refractivity contribution >= 4 is 27.6 Å². The summed E-state index contributed by atoms with van der Waals surface area (Å²) in [6.45, 7) is 7.97. The van der Waals surface area contributed by atoms with Crippen molar-refractivity contribution in [2.45, 2.75) is 81.5 Å². The summed E-state index contributed by atoms with van der Waals surface area (Å²) in [4.78, 5) is 33.9. The number of amides is 2. The summed E-state index contributed by atoms with van der Waals surface area (Å²) in [5, 5.41) is 3.19. The Morgan fingerprint density at radius 2 is 1.73 bits per heavy atom. The minimum Gasteiger partial charge on any atom is -0.487 e. The number of hydrogen-bond acceptors (Lipinski definition) is 7. The van der Waals surface area contributed by atoms with Gasteiger partial charge in [0.25, 0.3) is 5.91 Å². The standard InChI is InChI=1S/C34H40N4O5S/c1-6-34(7-2)21-29(39)38(32(35)37-34)30(22-15-17-25(18-16-22)44(5,41)42)23-11-10-12-24(19-23)31(40)36-27-20-33(3,4)43-28-14-9-8-13-26(27)28/h8-19,27,30H,6-7,20-21H2,1-5H3,(H2,35,37)(H,36,40)/t27-,30-/m0/s1. The highest BCUT2D eigenvalue weighted by atomic mass is 32.2. The molecule has 2 amide bonds. The Bertz CT molecular complexity index is 1710. The fraction of sp³-hybridized carbons (Fsp3) is 0.382. The predicted octanol–water partition coefficient (Wildman–Crippen LogP) is 5.32. The second-order valence-electron chi connectivity index (χ2n) is 12.3. The molecule has 0 spiro atoms. The summed E-state index contributed by atoms with van der Waals surface area (Å²) in [6.07, 6.45) is 3.26. The van der Waals surface area contributed by atoms with Gasteiger partial charge >= 0.3 is 0 Å². The van der Waals surface area contributed by atoms with Gasteiger partial charge in [-0.3, -0.25) is 14.5 Å². The van der Waals surface area contributed by atoms with Gasteiger partial charge in [-0.05, 0) is 68.1 Å². The third kappa shape index (κ3) is 6.22. The van der Waals surface area contributed by atoms with Gasteiger partial charge in [0.15, 0.2) is 15.8 Å². The maximum absolute atomic E-state index is 13.8. The molecule has 232 valence electrons. The second kappa shape index (κ2) is 11.7. The fourth-order valence-electron chi connectivity index (χ4n) is 6.18. The Morgan fingerprint density at radius 3 is 2.36 bits per heavy atom. The van der Waals surface area contributed by atoms with E-state index in [1.807, 2.05) is 58.0 Å². The Hall–Kier alpha value is -4.18. The summed E-state index contributed by atoms with van der Waals surface area (Å²) < 4.78 is 30.5. The molecule has 0 fully saturated rings. The van der Waals surface area contributed by atoms with Crippen molar-refractivity contribution in [2.24, 2.45) is 10.7 Å². The largest absolute Gasteiger partial charge is 0.487 e. The van der Waals surface area contributed by atoms with E-state index in [1.165, 1.54) is 17.0 Å². The Morgan fingerprint density at radius 1 is 1.05 bits per heavy atom. The zero-order chi connectivity index (χ0) is 31.9. The van der Waals surface area contributed by atoms with E-state index >= 15 is 0 Å². The van der Waals surface area contributed by atoms with Crippen molar-refractivity contribution in [2.75, 3.05) is 6.26 Å². The number of nitrogens with zero attached hydrogens (tertiary/aromatic N) is 2. The number of rotatable bonds is 8. The van der Waals surface area contributed by atoms with Crippen LogP contribution in [-0.4, -0.2) is 48.5 Å². The average Bonchev–Trinajstić information content (AvgIpc) is 2.98. The van der Waals surface area contributed by atoms with Crippen LogP contribution in [0, 0.1) is 0 Å². The van der Waals surface area contributed by atoms with Gasteiger partial charge in [-0.25, -0.2) is 13.4 Å². The topological polar surface area (TPSA) is 131 Å². The van der Waals surface area contributed by atoms with E-state index in [4.69, 9.17) is 15.5 Å². The number of benzene rings is 3. The summed E-state index contributed by atoms with van der Waals surface area (Å²) >= 11 is 0. The van der Waals surface area contributed by atoms with Crippen molar-refractivity contribution < 1.29 is 22.7 Å². The number of nitrogens with two attached hydrogens (primary N) is 1. The predicted molar refractivity (Wildman–Crippen MR) is 170 cm³/mol. The Kier molecular flexibility index (Phi) is 8.33. The SMILES string of the molecule is CCC1(CC)CC(=O)N([C@@H](c2ccc(S(C)(=O)=O)cc2)c2cccc(C(=O)N[C@H]3CC(C)(C)Oc4ccccc43)c2)C(N)=N1. The monoisotopic (exact) mass is 616 g/mol. The average molecular weight is 617 g/mol. The highest BCUT2D eigenvalue weighted by molar-refractivity contribution is 7.90. The van der Waals surface area contributed by atoms with E-state index in [0.717, 1.165) is 17.6 Å². The molecule has 0 bridgehead atoms. The van der Waals surface area contributed by atoms with Crippen molar-refractivity contribution in [3.8, 4) is 5.75 Å². The number of fused-ring (bicyclic) bond motifs is 1. The fourth-order valence-corrected chi connectivity index (χ4v) is 6.81. The normalized spacial score (nSPS) is 19.8. The van der Waals surface area contributed by atoms with Crippen molar-refractivity contribution in [1.82, 2.24) is 10.2 Å². The summed E-state index contributed by atoms with van der Waals surface area (Å²) in [6, 6.07) is 20.2. The number of carbonyl (C=O) groups excluding carboxylic acids is 2. The first-order valence-electron chi connectivity index (χ1n) is 14.9. The third-order valence-corrected chi connectivity index (χ3v) is 9.82. The van der Waals surface area contributed by atoms with E-state index in [1.54, 1.807) is 30.3 Å². The molecule has 0 saturated carbocycles. The summed E-state index contributed by atoms with van der Waals surface area (Å²) in [5.74, 6) is 0.388. The van der Waals surface area contributed by atoms with Crippen LogP contribution in [0.3, 0.4) is 0 Å². The quantitative estimate of drug-likeness (QED) is 0.352. The Labute approximate surface area is 259 Å². The first kappa shape index (κ1) is 31.3. The van der Waals surface area contributed by atoms with Crippen LogP contribution in [0.25, 0.3) is 0 Å². The van der Waals surface area contributed by atoms with Gasteiger partial charge in [-0.15, -0.1) is 0 Å². The van der Waals surface area contributed by atoms with E-state index in [2.05, 4.69) is 5.32 Å². The minimum atomic E-state index is -3.43. The first-order chi connectivity index (χ1) is 20.8. The van der Waals surface area contributed by atoms with Crippen molar-refractivity contribution in [3.05, 3.63) is 95.1 Å². The van der Waals surface area contributed by atoms with E-state index in [-0.39, 0.29) is 35.1 Å². The number of aliphatic imine (C=N–C) groups is 1. The highest BCUT2D eigenvalue weighted by Crippen LogP contribution is 2.40. The Balaban J connectivity index is 1.54. The zero-order valence-corrected chi connectivity index (χ0v) is 26.6. The molecule has 10 heteroatoms. The molecule has 5 rings (SSSR count). The van der Waals surface area contributed by atoms with Gasteiger partial charge in [0.2, 0.25) is 5.91 Å². The highest BCUT2D eigenvalue weighted by Gasteiger charge is 2.41. The molecular weight excluding hydrogens is 576 g/mol. The van der Waals surface area contributed by atoms with Gasteiger partial charge < -0.3 is 15.8 Å². The maximum atomic E-state index is 13.8. The molecule has 0 aliphatic carbocycles. The van der Waals surface area contributed by atoms with Gasteiger partial charge in [-0.2, -0.15) is 0 Å². The number of carbonyl (C=O) groups is 2. The molecule has 2 atom stereocenters. The van der Waals surface area contributed by atoms with Crippen molar-refractivity contribution in [1.29, 1.82) is 0 Å². The molecule has 2 heterocycles. The molecule has 44 heavy (non-hydrogen) atoms. The molecule has 0 radical (unpaired) electrons. The third-order valence-electron chi connectivity index (χ3n) is 8.69.